The van der Waals surface area contributed by atoms with Gasteiger partial charge in [-0.25, -0.2) is 14.4 Å². The third-order valence-corrected chi connectivity index (χ3v) is 6.27. The van der Waals surface area contributed by atoms with E-state index in [1.807, 2.05) is 30.3 Å². The number of rotatable bonds is 6. The molecule has 180 valence electrons. The maximum Gasteiger partial charge on any atom is 0.266 e. The van der Waals surface area contributed by atoms with Crippen molar-refractivity contribution in [1.29, 1.82) is 0 Å². The van der Waals surface area contributed by atoms with Gasteiger partial charge in [0.1, 0.15) is 23.5 Å². The fourth-order valence-corrected chi connectivity index (χ4v) is 4.68. The van der Waals surface area contributed by atoms with E-state index < -0.39 is 35.7 Å². The molecule has 2 aliphatic rings. The number of amides is 2. The van der Waals surface area contributed by atoms with Gasteiger partial charge in [0, 0.05) is 11.6 Å². The Bertz CT molecular complexity index is 1280. The van der Waals surface area contributed by atoms with Gasteiger partial charge in [-0.2, -0.15) is 0 Å². The first-order valence-electron chi connectivity index (χ1n) is 10.9. The van der Waals surface area contributed by atoms with Crippen LogP contribution in [0.4, 0.5) is 15.8 Å². The lowest BCUT2D eigenvalue weighted by Crippen LogP contribution is -2.38. The quantitative estimate of drug-likeness (QED) is 0.498. The van der Waals surface area contributed by atoms with Crippen LogP contribution < -0.4 is 24.2 Å². The van der Waals surface area contributed by atoms with E-state index in [0.717, 1.165) is 4.90 Å². The Morgan fingerprint density at radius 3 is 2.09 bits per heavy atom. The zero-order valence-corrected chi connectivity index (χ0v) is 19.3. The van der Waals surface area contributed by atoms with Crippen molar-refractivity contribution in [2.45, 2.75) is 12.1 Å². The average molecular weight is 478 g/mol. The number of carbonyl (C=O) groups is 2. The zero-order chi connectivity index (χ0) is 24.7. The summed E-state index contributed by atoms with van der Waals surface area (Å²) in [7, 11) is 4.51. The van der Waals surface area contributed by atoms with Gasteiger partial charge in [-0.15, -0.1) is 0 Å². The van der Waals surface area contributed by atoms with Gasteiger partial charge in [0.15, 0.2) is 17.6 Å². The Hall–Kier alpha value is -4.11. The van der Waals surface area contributed by atoms with Crippen LogP contribution in [0, 0.1) is 11.7 Å². The van der Waals surface area contributed by atoms with Gasteiger partial charge < -0.3 is 14.2 Å². The van der Waals surface area contributed by atoms with Gasteiger partial charge in [-0.1, -0.05) is 30.3 Å². The van der Waals surface area contributed by atoms with Gasteiger partial charge in [0.25, 0.3) is 5.91 Å². The van der Waals surface area contributed by atoms with E-state index in [9.17, 15) is 14.0 Å². The highest BCUT2D eigenvalue weighted by molar-refractivity contribution is 6.24. The molecule has 0 radical (unpaired) electrons. The average Bonchev–Trinajstić information content (AvgIpc) is 3.39. The molecule has 0 aliphatic carbocycles. The van der Waals surface area contributed by atoms with Crippen molar-refractivity contribution in [3.05, 3.63) is 78.1 Å². The SMILES string of the molecule is COc1cc(OC)c([C@H]2[C@H]3C(=O)N(c4ccccc4F)C(=O)[C@H]3ON2c2ccccc2)cc1OC. The van der Waals surface area contributed by atoms with Gasteiger partial charge >= 0.3 is 0 Å². The van der Waals surface area contributed by atoms with Crippen molar-refractivity contribution in [3.8, 4) is 17.2 Å². The Morgan fingerprint density at radius 2 is 1.43 bits per heavy atom. The van der Waals surface area contributed by atoms with E-state index in [4.69, 9.17) is 19.0 Å². The highest BCUT2D eigenvalue weighted by Gasteiger charge is 2.61. The molecule has 0 N–H and O–H groups in total. The molecule has 2 amide bonds. The predicted molar refractivity (Wildman–Crippen MR) is 125 cm³/mol. The number of methoxy groups -OCH3 is 3. The van der Waals surface area contributed by atoms with Gasteiger partial charge in [0.2, 0.25) is 5.91 Å². The molecule has 3 atom stereocenters. The number of ether oxygens (including phenoxy) is 3. The van der Waals surface area contributed by atoms with Gasteiger partial charge in [-0.3, -0.25) is 14.4 Å². The Labute approximate surface area is 201 Å². The predicted octanol–water partition coefficient (Wildman–Crippen LogP) is 3.90. The summed E-state index contributed by atoms with van der Waals surface area (Å²) in [6.45, 7) is 0. The fraction of sp³-hybridized carbons (Fsp3) is 0.231. The number of fused-ring (bicyclic) bond motifs is 1. The number of nitrogens with zero attached hydrogens (tertiary/aromatic N) is 2. The molecule has 2 saturated heterocycles. The standard InChI is InChI=1S/C26H23FN2O6/c1-32-19-14-21(34-3)20(33-2)13-16(19)23-22-24(35-29(23)15-9-5-4-6-10-15)26(31)28(25(22)30)18-12-8-7-11-17(18)27/h4-14,22-24H,1-3H3/t22-,23+,24+/m1/s1. The van der Waals surface area contributed by atoms with Crippen LogP contribution in [0.5, 0.6) is 17.2 Å². The van der Waals surface area contributed by atoms with E-state index >= 15 is 0 Å². The number of para-hydroxylation sites is 2. The summed E-state index contributed by atoms with van der Waals surface area (Å²) in [6.07, 6.45) is -1.15. The molecule has 3 aromatic carbocycles. The molecular weight excluding hydrogens is 455 g/mol. The normalized spacial score (nSPS) is 21.3. The minimum atomic E-state index is -1.15. The van der Waals surface area contributed by atoms with Crippen molar-refractivity contribution in [2.24, 2.45) is 5.92 Å². The van der Waals surface area contributed by atoms with E-state index in [1.54, 1.807) is 18.2 Å². The number of benzene rings is 3. The van der Waals surface area contributed by atoms with E-state index in [0.29, 0.717) is 28.5 Å². The third-order valence-electron chi connectivity index (χ3n) is 6.27. The number of imide groups is 1. The molecule has 0 bridgehead atoms. The topological polar surface area (TPSA) is 77.5 Å². The second-order valence-corrected chi connectivity index (χ2v) is 8.07. The second kappa shape index (κ2) is 8.92. The molecule has 2 aliphatic heterocycles. The highest BCUT2D eigenvalue weighted by Crippen LogP contribution is 2.51. The third kappa shape index (κ3) is 3.55. The zero-order valence-electron chi connectivity index (χ0n) is 19.3. The number of hydrogen-bond donors (Lipinski definition) is 0. The van der Waals surface area contributed by atoms with Crippen LogP contribution in [-0.4, -0.2) is 39.2 Å². The maximum absolute atomic E-state index is 14.6. The molecule has 8 nitrogen and oxygen atoms in total. The summed E-state index contributed by atoms with van der Waals surface area (Å²) in [5.41, 5.74) is 1.09. The van der Waals surface area contributed by atoms with Crippen LogP contribution in [0.2, 0.25) is 0 Å². The maximum atomic E-state index is 14.6. The Kier molecular flexibility index (Phi) is 5.78. The van der Waals surface area contributed by atoms with E-state index in [-0.39, 0.29) is 5.69 Å². The number of halogens is 1. The van der Waals surface area contributed by atoms with Crippen LogP contribution in [0.25, 0.3) is 0 Å². The lowest BCUT2D eigenvalue weighted by atomic mass is 9.89. The second-order valence-electron chi connectivity index (χ2n) is 8.07. The highest BCUT2D eigenvalue weighted by atomic mass is 19.1. The van der Waals surface area contributed by atoms with Gasteiger partial charge in [-0.05, 0) is 30.3 Å². The molecule has 9 heteroatoms. The van der Waals surface area contributed by atoms with E-state index in [1.165, 1.54) is 44.6 Å². The number of carbonyl (C=O) groups excluding carboxylic acids is 2. The van der Waals surface area contributed by atoms with Crippen LogP contribution >= 0.6 is 0 Å². The molecule has 0 aromatic heterocycles. The summed E-state index contributed by atoms with van der Waals surface area (Å²) in [6, 6.07) is 17.4. The van der Waals surface area contributed by atoms with Crippen LogP contribution in [-0.2, 0) is 14.4 Å². The minimum absolute atomic E-state index is 0.107. The molecule has 2 heterocycles. The largest absolute Gasteiger partial charge is 0.496 e. The summed E-state index contributed by atoms with van der Waals surface area (Å²) in [5, 5.41) is 1.54. The smallest absolute Gasteiger partial charge is 0.266 e. The fourth-order valence-electron chi connectivity index (χ4n) is 4.68. The molecule has 35 heavy (non-hydrogen) atoms. The van der Waals surface area contributed by atoms with Gasteiger partial charge in [0.05, 0.1) is 32.7 Å². The molecular formula is C26H23FN2O6. The molecule has 5 rings (SSSR count). The first-order chi connectivity index (χ1) is 17.0. The van der Waals surface area contributed by atoms with Crippen molar-refractivity contribution >= 4 is 23.2 Å². The van der Waals surface area contributed by atoms with Crippen LogP contribution in [0.3, 0.4) is 0 Å². The molecule has 0 saturated carbocycles. The first-order valence-corrected chi connectivity index (χ1v) is 10.9. The van der Waals surface area contributed by atoms with Crippen LogP contribution in [0.15, 0.2) is 66.7 Å². The van der Waals surface area contributed by atoms with Crippen molar-refractivity contribution in [2.75, 3.05) is 31.3 Å². The molecule has 3 aromatic rings. The monoisotopic (exact) mass is 478 g/mol. The summed E-state index contributed by atoms with van der Waals surface area (Å²) >= 11 is 0. The molecule has 2 fully saturated rings. The lowest BCUT2D eigenvalue weighted by Gasteiger charge is -2.30. The Balaban J connectivity index is 1.67. The van der Waals surface area contributed by atoms with Crippen molar-refractivity contribution in [1.82, 2.24) is 0 Å². The first kappa shape index (κ1) is 22.7. The number of hydroxylamine groups is 1. The summed E-state index contributed by atoms with van der Waals surface area (Å²) < 4.78 is 31.1. The molecule has 0 spiro atoms. The van der Waals surface area contributed by atoms with E-state index in [2.05, 4.69) is 0 Å². The number of anilines is 2. The minimum Gasteiger partial charge on any atom is -0.496 e. The Morgan fingerprint density at radius 1 is 0.800 bits per heavy atom. The summed E-state index contributed by atoms with van der Waals surface area (Å²) in [5.74, 6) is -1.55. The lowest BCUT2D eigenvalue weighted by molar-refractivity contribution is -0.126. The number of hydrogen-bond acceptors (Lipinski definition) is 7. The van der Waals surface area contributed by atoms with Crippen molar-refractivity contribution in [3.63, 3.8) is 0 Å². The van der Waals surface area contributed by atoms with Crippen LogP contribution in [0.1, 0.15) is 11.6 Å². The molecule has 0 unspecified atom stereocenters. The van der Waals surface area contributed by atoms with Crippen molar-refractivity contribution < 1.29 is 33.0 Å². The summed E-state index contributed by atoms with van der Waals surface area (Å²) in [4.78, 5) is 34.1.